The van der Waals surface area contributed by atoms with Gasteiger partial charge in [-0.1, -0.05) is 36.4 Å². The van der Waals surface area contributed by atoms with E-state index >= 15 is 0 Å². The number of nitrogens with one attached hydrogen (secondary N) is 3. The Morgan fingerprint density at radius 2 is 1.10 bits per heavy atom. The number of anilines is 8. The van der Waals surface area contributed by atoms with Crippen LogP contribution in [-0.4, -0.2) is 121 Å². The van der Waals surface area contributed by atoms with Crippen LogP contribution in [0.3, 0.4) is 0 Å². The van der Waals surface area contributed by atoms with E-state index < -0.39 is 164 Å². The summed E-state index contributed by atoms with van der Waals surface area (Å²) in [5.41, 5.74) is -3.58. The summed E-state index contributed by atoms with van der Waals surface area (Å²) >= 11 is 12.4. The van der Waals surface area contributed by atoms with E-state index in [1.54, 1.807) is 6.07 Å². The number of hydrogen-bond acceptors (Lipinski definition) is 25. The van der Waals surface area contributed by atoms with Crippen molar-refractivity contribution in [2.24, 2.45) is 10.2 Å². The number of rotatable bonds is 18. The number of ether oxygens (including phenoxy) is 1. The highest BCUT2D eigenvalue weighted by atomic mass is 35.5. The Balaban J connectivity index is 1.26. The van der Waals surface area contributed by atoms with E-state index in [0.29, 0.717) is 23.6 Å². The van der Waals surface area contributed by atoms with E-state index in [4.69, 9.17) is 27.9 Å². The second kappa shape index (κ2) is 21.5. The molecule has 2 aromatic heterocycles. The van der Waals surface area contributed by atoms with Crippen LogP contribution >= 0.6 is 23.2 Å². The van der Waals surface area contributed by atoms with Crippen molar-refractivity contribution in [1.29, 1.82) is 0 Å². The van der Waals surface area contributed by atoms with Gasteiger partial charge < -0.3 is 25.6 Å². The highest BCUT2D eigenvalue weighted by molar-refractivity contribution is 7.87. The van der Waals surface area contributed by atoms with Gasteiger partial charge in [-0.25, -0.2) is 0 Å². The van der Waals surface area contributed by atoms with Gasteiger partial charge in [-0.3, -0.25) is 27.3 Å². The Bertz CT molecular complexity index is 4670. The third-order valence-electron chi connectivity index (χ3n) is 10.7. The molecule has 8 aromatic rings. The normalized spacial score (nSPS) is 12.7. The number of nitrogens with zero attached hydrogens (tertiary/aromatic N) is 9. The van der Waals surface area contributed by atoms with Crippen LogP contribution in [0.25, 0.3) is 21.5 Å². The molecule has 0 radical (unpaired) electrons. The van der Waals surface area contributed by atoms with E-state index in [2.05, 4.69) is 56.1 Å². The van der Waals surface area contributed by atoms with Gasteiger partial charge in [0, 0.05) is 18.1 Å². The fraction of sp³-hybridized carbons (Fsp3) is 0.0732. The van der Waals surface area contributed by atoms with Crippen LogP contribution in [0, 0.1) is 0 Å². The lowest BCUT2D eigenvalue weighted by Gasteiger charge is -2.23. The van der Waals surface area contributed by atoms with Crippen molar-refractivity contribution in [3.8, 4) is 5.75 Å². The van der Waals surface area contributed by atoms with Gasteiger partial charge in [-0.15, -0.1) is 10.2 Å². The van der Waals surface area contributed by atoms with Crippen molar-refractivity contribution in [2.45, 2.75) is 36.3 Å². The second-order valence-electron chi connectivity index (χ2n) is 16.0. The Hall–Kier alpha value is -7.50. The van der Waals surface area contributed by atoms with Crippen molar-refractivity contribution >= 4 is 163 Å². The quantitative estimate of drug-likeness (QED) is 0.0309. The topological polar surface area (TPSA) is 477 Å². The highest BCUT2D eigenvalue weighted by Gasteiger charge is 2.31. The van der Waals surface area contributed by atoms with Gasteiger partial charge in [-0.05, 0) is 95.5 Å². The maximum atomic E-state index is 13.1. The van der Waals surface area contributed by atoms with E-state index in [0.717, 1.165) is 42.3 Å². The Morgan fingerprint density at radius 1 is 0.537 bits per heavy atom. The van der Waals surface area contributed by atoms with Gasteiger partial charge in [0.05, 0.1) is 38.8 Å². The highest BCUT2D eigenvalue weighted by Crippen LogP contribution is 2.48. The standard InChI is InChI=1S/C41H32Cl2N12O19S6/c1-3-74-34-32-20(14-31(79(68,69)70)33(34)54-53-25-12-11-19-7-4-5-10-24(19)35(25)80(71,72)73)13-23(76(59,60)61)16-28(32)55(2)41-50-37(43)49-40(52-41)46-27-18-29(77(62,63)64)26(17-30(27)78(65,66)67)45-39-48-36(42)47-38(51-39)44-21-8-6-9-22(15-21)75(56,57)58/h4-18H,3H2,1-2H3,(H,56,57,58)(H,59,60,61)(H,62,63,64)(H,65,66,67)(H,68,69,70)(H,71,72,73)(H,46,49,50,52)(H2,44,45,47,48,51). The predicted octanol–water partition coefficient (Wildman–Crippen LogP) is 6.96. The predicted molar refractivity (Wildman–Crippen MR) is 283 cm³/mol. The molecular weight excluding hydrogens is 1230 g/mol. The van der Waals surface area contributed by atoms with Crippen LogP contribution in [-0.2, 0) is 60.7 Å². The van der Waals surface area contributed by atoms with Gasteiger partial charge in [0.1, 0.15) is 31.0 Å². The van der Waals surface area contributed by atoms with Crippen LogP contribution in [0.1, 0.15) is 6.92 Å². The number of fused-ring (bicyclic) bond motifs is 2. The van der Waals surface area contributed by atoms with E-state index in [1.165, 1.54) is 43.3 Å². The molecule has 0 aliphatic carbocycles. The number of benzene rings is 6. The first kappa shape index (κ1) is 58.6. The molecule has 80 heavy (non-hydrogen) atoms. The summed E-state index contributed by atoms with van der Waals surface area (Å²) in [5, 5.41) is 13.3. The minimum absolute atomic E-state index is 0.0282. The largest absolute Gasteiger partial charge is 0.491 e. The molecule has 0 bridgehead atoms. The van der Waals surface area contributed by atoms with Crippen molar-refractivity contribution in [1.82, 2.24) is 29.9 Å². The monoisotopic (exact) mass is 1260 g/mol. The van der Waals surface area contributed by atoms with E-state index in [-0.39, 0.29) is 23.1 Å². The molecule has 8 rings (SSSR count). The zero-order valence-electron chi connectivity index (χ0n) is 39.6. The lowest BCUT2D eigenvalue weighted by molar-refractivity contribution is 0.344. The summed E-state index contributed by atoms with van der Waals surface area (Å²) in [6, 6.07) is 16.1. The fourth-order valence-corrected chi connectivity index (χ4v) is 11.7. The molecule has 0 unspecified atom stereocenters. The molecule has 6 aromatic carbocycles. The molecule has 2 heterocycles. The smallest absolute Gasteiger partial charge is 0.297 e. The Morgan fingerprint density at radius 3 is 1.66 bits per heavy atom. The molecule has 0 aliphatic heterocycles. The fourth-order valence-electron chi connectivity index (χ4n) is 7.50. The first-order valence-corrected chi connectivity index (χ1v) is 30.7. The lowest BCUT2D eigenvalue weighted by Crippen LogP contribution is -2.17. The molecule has 0 atom stereocenters. The van der Waals surface area contributed by atoms with Gasteiger partial charge >= 0.3 is 0 Å². The maximum Gasteiger partial charge on any atom is 0.297 e. The summed E-state index contributed by atoms with van der Waals surface area (Å²) in [6.45, 7) is 1.06. The number of halogens is 2. The average molecular weight is 1260 g/mol. The molecule has 31 nitrogen and oxygen atoms in total. The van der Waals surface area contributed by atoms with Gasteiger partial charge in [-0.2, -0.15) is 80.4 Å². The molecule has 0 saturated heterocycles. The minimum atomic E-state index is -5.47. The molecule has 0 fully saturated rings. The Kier molecular flexibility index (Phi) is 15.8. The molecule has 0 aliphatic rings. The zero-order valence-corrected chi connectivity index (χ0v) is 46.0. The van der Waals surface area contributed by atoms with Gasteiger partial charge in [0.25, 0.3) is 60.7 Å². The summed E-state index contributed by atoms with van der Waals surface area (Å²) in [5.74, 6) is -3.13. The molecule has 0 saturated carbocycles. The molecule has 0 amide bonds. The number of azo groups is 1. The first-order chi connectivity index (χ1) is 37.1. The van der Waals surface area contributed by atoms with Crippen LogP contribution in [0.2, 0.25) is 10.6 Å². The Labute approximate surface area is 461 Å². The second-order valence-corrected chi connectivity index (χ2v) is 25.0. The SMILES string of the molecule is CCOc1c(N=Nc2ccc3ccccc3c2S(=O)(=O)O)c(S(=O)(=O)O)cc2cc(S(=O)(=O)O)cc(N(C)c3nc(Cl)nc(Nc4cc(S(=O)(=O)O)c(Nc5nc(Cl)nc(Nc6cccc(S(=O)(=O)O)c6)n5)cc4S(=O)(=O)O)n3)c12. The molecule has 0 spiro atoms. The summed E-state index contributed by atoms with van der Waals surface area (Å²) in [4.78, 5) is 18.9. The third-order valence-corrected chi connectivity index (χ3v) is 16.3. The van der Waals surface area contributed by atoms with Crippen molar-refractivity contribution < 1.29 is 82.6 Å². The van der Waals surface area contributed by atoms with E-state index in [9.17, 15) is 77.8 Å². The summed E-state index contributed by atoms with van der Waals surface area (Å²) in [7, 11) is -30.2. The number of aromatic nitrogens is 6. The van der Waals surface area contributed by atoms with Crippen molar-refractivity contribution in [3.05, 3.63) is 102 Å². The van der Waals surface area contributed by atoms with Gasteiger partial charge in [0.2, 0.25) is 34.4 Å². The van der Waals surface area contributed by atoms with Crippen LogP contribution in [0.4, 0.5) is 57.9 Å². The molecule has 39 heteroatoms. The number of hydrogen-bond donors (Lipinski definition) is 9. The molecular formula is C41H32Cl2N12O19S6. The van der Waals surface area contributed by atoms with Crippen LogP contribution in [0.5, 0.6) is 5.75 Å². The van der Waals surface area contributed by atoms with Crippen molar-refractivity contribution in [3.63, 3.8) is 0 Å². The van der Waals surface area contributed by atoms with Crippen LogP contribution in [0.15, 0.2) is 131 Å². The molecule has 9 N–H and O–H groups in total. The lowest BCUT2D eigenvalue weighted by atomic mass is 10.1. The summed E-state index contributed by atoms with van der Waals surface area (Å²) in [6.07, 6.45) is 0. The maximum absolute atomic E-state index is 13.1. The average Bonchev–Trinajstić information content (AvgIpc) is 3.47. The van der Waals surface area contributed by atoms with E-state index in [1.807, 2.05) is 0 Å². The minimum Gasteiger partial charge on any atom is -0.491 e. The third kappa shape index (κ3) is 12.9. The zero-order chi connectivity index (χ0) is 58.7. The van der Waals surface area contributed by atoms with Crippen molar-refractivity contribution in [2.75, 3.05) is 34.5 Å². The van der Waals surface area contributed by atoms with Crippen LogP contribution < -0.4 is 25.6 Å². The first-order valence-electron chi connectivity index (χ1n) is 21.3. The van der Waals surface area contributed by atoms with Gasteiger partial charge in [0.15, 0.2) is 5.75 Å². The molecule has 420 valence electrons. The summed E-state index contributed by atoms with van der Waals surface area (Å²) < 4.78 is 220.